The molecule has 0 aliphatic carbocycles. The Morgan fingerprint density at radius 1 is 1.38 bits per heavy atom. The summed E-state index contributed by atoms with van der Waals surface area (Å²) < 4.78 is 5.84. The van der Waals surface area contributed by atoms with Crippen molar-refractivity contribution in [3.05, 3.63) is 29.3 Å². The maximum atomic E-state index is 5.84. The molecule has 1 atom stereocenters. The standard InChI is InChI=1S/C14H23NO/c1-4-11(2)10-16-14-6-5-12(3)9-13(14)7-8-15/h5-6,9,11H,4,7-8,10,15H2,1-3H3. The van der Waals surface area contributed by atoms with E-state index < -0.39 is 0 Å². The fraction of sp³-hybridized carbons (Fsp3) is 0.571. The molecule has 0 saturated heterocycles. The first-order chi connectivity index (χ1) is 7.67. The highest BCUT2D eigenvalue weighted by Gasteiger charge is 2.05. The van der Waals surface area contributed by atoms with Crippen molar-refractivity contribution in [1.29, 1.82) is 0 Å². The molecule has 0 aromatic heterocycles. The number of aryl methyl sites for hydroxylation is 1. The molecule has 0 radical (unpaired) electrons. The van der Waals surface area contributed by atoms with Crippen LogP contribution in [0.3, 0.4) is 0 Å². The van der Waals surface area contributed by atoms with Gasteiger partial charge in [0.05, 0.1) is 6.61 Å². The molecule has 1 rings (SSSR count). The first-order valence-electron chi connectivity index (χ1n) is 6.09. The molecule has 1 unspecified atom stereocenters. The van der Waals surface area contributed by atoms with E-state index in [1.807, 2.05) is 0 Å². The Balaban J connectivity index is 2.70. The average molecular weight is 221 g/mol. The number of nitrogens with two attached hydrogens (primary N) is 1. The van der Waals surface area contributed by atoms with Crippen LogP contribution >= 0.6 is 0 Å². The van der Waals surface area contributed by atoms with Gasteiger partial charge < -0.3 is 10.5 Å². The number of rotatable bonds is 6. The molecule has 0 heterocycles. The van der Waals surface area contributed by atoms with E-state index in [1.54, 1.807) is 0 Å². The summed E-state index contributed by atoms with van der Waals surface area (Å²) in [5.41, 5.74) is 8.10. The van der Waals surface area contributed by atoms with Crippen LogP contribution < -0.4 is 10.5 Å². The second kappa shape index (κ2) is 6.54. The topological polar surface area (TPSA) is 35.2 Å². The predicted octanol–water partition coefficient (Wildman–Crippen LogP) is 2.92. The smallest absolute Gasteiger partial charge is 0.122 e. The fourth-order valence-electron chi connectivity index (χ4n) is 1.55. The van der Waals surface area contributed by atoms with Gasteiger partial charge in [0.2, 0.25) is 0 Å². The summed E-state index contributed by atoms with van der Waals surface area (Å²) in [7, 11) is 0. The summed E-state index contributed by atoms with van der Waals surface area (Å²) in [6, 6.07) is 6.31. The molecule has 0 spiro atoms. The third-order valence-electron chi connectivity index (χ3n) is 2.85. The van der Waals surface area contributed by atoms with E-state index in [0.29, 0.717) is 12.5 Å². The predicted molar refractivity (Wildman–Crippen MR) is 68.9 cm³/mol. The van der Waals surface area contributed by atoms with E-state index in [2.05, 4.69) is 39.0 Å². The normalized spacial score (nSPS) is 12.5. The van der Waals surface area contributed by atoms with Crippen molar-refractivity contribution in [3.8, 4) is 5.75 Å². The number of ether oxygens (including phenoxy) is 1. The van der Waals surface area contributed by atoms with Crippen LogP contribution in [0.4, 0.5) is 0 Å². The van der Waals surface area contributed by atoms with Gasteiger partial charge in [0.15, 0.2) is 0 Å². The van der Waals surface area contributed by atoms with Gasteiger partial charge >= 0.3 is 0 Å². The first kappa shape index (κ1) is 13.0. The van der Waals surface area contributed by atoms with Crippen molar-refractivity contribution in [2.75, 3.05) is 13.2 Å². The van der Waals surface area contributed by atoms with E-state index >= 15 is 0 Å². The van der Waals surface area contributed by atoms with Gasteiger partial charge in [-0.1, -0.05) is 38.0 Å². The van der Waals surface area contributed by atoms with E-state index in [9.17, 15) is 0 Å². The quantitative estimate of drug-likeness (QED) is 0.801. The Morgan fingerprint density at radius 2 is 2.12 bits per heavy atom. The molecule has 2 nitrogen and oxygen atoms in total. The van der Waals surface area contributed by atoms with Gasteiger partial charge in [-0.15, -0.1) is 0 Å². The fourth-order valence-corrected chi connectivity index (χ4v) is 1.55. The van der Waals surface area contributed by atoms with E-state index in [1.165, 1.54) is 11.1 Å². The van der Waals surface area contributed by atoms with E-state index in [-0.39, 0.29) is 0 Å². The minimum absolute atomic E-state index is 0.604. The molecule has 0 saturated carbocycles. The molecule has 0 fully saturated rings. The molecule has 0 amide bonds. The van der Waals surface area contributed by atoms with E-state index in [0.717, 1.165) is 25.2 Å². The largest absolute Gasteiger partial charge is 0.493 e. The van der Waals surface area contributed by atoms with Crippen molar-refractivity contribution in [2.45, 2.75) is 33.6 Å². The zero-order valence-corrected chi connectivity index (χ0v) is 10.6. The Kier molecular flexibility index (Phi) is 5.33. The maximum absolute atomic E-state index is 5.84. The highest BCUT2D eigenvalue weighted by atomic mass is 16.5. The summed E-state index contributed by atoms with van der Waals surface area (Å²) in [5, 5.41) is 0. The van der Waals surface area contributed by atoms with Crippen molar-refractivity contribution >= 4 is 0 Å². The molecule has 0 aliphatic heterocycles. The molecule has 2 N–H and O–H groups in total. The number of hydrogen-bond donors (Lipinski definition) is 1. The molecule has 1 aromatic rings. The lowest BCUT2D eigenvalue weighted by molar-refractivity contribution is 0.254. The van der Waals surface area contributed by atoms with Crippen LogP contribution in [0.5, 0.6) is 5.75 Å². The Bertz CT molecular complexity index is 323. The minimum Gasteiger partial charge on any atom is -0.493 e. The van der Waals surface area contributed by atoms with Crippen molar-refractivity contribution in [3.63, 3.8) is 0 Å². The van der Waals surface area contributed by atoms with Crippen LogP contribution in [0, 0.1) is 12.8 Å². The molecule has 0 aliphatic rings. The first-order valence-corrected chi connectivity index (χ1v) is 6.09. The lowest BCUT2D eigenvalue weighted by atomic mass is 10.1. The van der Waals surface area contributed by atoms with Gasteiger partial charge in [0.1, 0.15) is 5.75 Å². The Morgan fingerprint density at radius 3 is 2.75 bits per heavy atom. The van der Waals surface area contributed by atoms with Gasteiger partial charge in [0, 0.05) is 0 Å². The third kappa shape index (κ3) is 3.86. The molecular formula is C14H23NO. The Hall–Kier alpha value is -1.02. The van der Waals surface area contributed by atoms with Crippen molar-refractivity contribution in [2.24, 2.45) is 11.7 Å². The van der Waals surface area contributed by atoms with Gasteiger partial charge in [-0.2, -0.15) is 0 Å². The summed E-state index contributed by atoms with van der Waals surface area (Å²) in [5.74, 6) is 1.60. The van der Waals surface area contributed by atoms with Gasteiger partial charge in [-0.25, -0.2) is 0 Å². The average Bonchev–Trinajstić information content (AvgIpc) is 2.28. The summed E-state index contributed by atoms with van der Waals surface area (Å²) in [6.07, 6.45) is 2.04. The minimum atomic E-state index is 0.604. The van der Waals surface area contributed by atoms with Crippen LogP contribution in [0.15, 0.2) is 18.2 Å². The molecule has 0 bridgehead atoms. The lowest BCUT2D eigenvalue weighted by Crippen LogP contribution is -2.10. The van der Waals surface area contributed by atoms with Crippen molar-refractivity contribution in [1.82, 2.24) is 0 Å². The summed E-state index contributed by atoms with van der Waals surface area (Å²) >= 11 is 0. The number of hydrogen-bond acceptors (Lipinski definition) is 2. The molecule has 16 heavy (non-hydrogen) atoms. The summed E-state index contributed by atoms with van der Waals surface area (Å²) in [4.78, 5) is 0. The summed E-state index contributed by atoms with van der Waals surface area (Å²) in [6.45, 7) is 7.94. The van der Waals surface area contributed by atoms with Crippen LogP contribution in [0.2, 0.25) is 0 Å². The second-order valence-corrected chi connectivity index (χ2v) is 4.47. The molecular weight excluding hydrogens is 198 g/mol. The highest BCUT2D eigenvalue weighted by molar-refractivity contribution is 5.37. The SMILES string of the molecule is CCC(C)COc1ccc(C)cc1CCN. The van der Waals surface area contributed by atoms with Crippen LogP contribution in [-0.4, -0.2) is 13.2 Å². The van der Waals surface area contributed by atoms with Crippen molar-refractivity contribution < 1.29 is 4.74 Å². The lowest BCUT2D eigenvalue weighted by Gasteiger charge is -2.14. The zero-order valence-electron chi connectivity index (χ0n) is 10.6. The van der Waals surface area contributed by atoms with Crippen LogP contribution in [0.1, 0.15) is 31.4 Å². The maximum Gasteiger partial charge on any atom is 0.122 e. The van der Waals surface area contributed by atoms with Gasteiger partial charge in [-0.3, -0.25) is 0 Å². The number of benzene rings is 1. The molecule has 1 aromatic carbocycles. The van der Waals surface area contributed by atoms with E-state index in [4.69, 9.17) is 10.5 Å². The second-order valence-electron chi connectivity index (χ2n) is 4.47. The monoisotopic (exact) mass is 221 g/mol. The van der Waals surface area contributed by atoms with Gasteiger partial charge in [0.25, 0.3) is 0 Å². The van der Waals surface area contributed by atoms with Gasteiger partial charge in [-0.05, 0) is 37.4 Å². The molecule has 90 valence electrons. The molecule has 2 heteroatoms. The highest BCUT2D eigenvalue weighted by Crippen LogP contribution is 2.21. The Labute approximate surface area is 98.8 Å². The zero-order chi connectivity index (χ0) is 12.0. The van der Waals surface area contributed by atoms with Crippen LogP contribution in [0.25, 0.3) is 0 Å². The third-order valence-corrected chi connectivity index (χ3v) is 2.85. The van der Waals surface area contributed by atoms with Crippen LogP contribution in [-0.2, 0) is 6.42 Å².